The average Bonchev–Trinajstić information content (AvgIpc) is 3.26. The molecule has 188 valence electrons. The van der Waals surface area contributed by atoms with Crippen LogP contribution in [0, 0.1) is 6.92 Å². The maximum Gasteiger partial charge on any atom is 0.416 e. The Balaban J connectivity index is 1.43. The van der Waals surface area contributed by atoms with Gasteiger partial charge in [0.15, 0.2) is 0 Å². The number of cyclic esters (lactones) is 1. The standard InChI is InChI=1S/C30H33NO5/c1-22-17-25(13-15-28(22)34-2)26(20-35-19-24-11-7-4-8-12-24)14-16-29(32)31-27(21-36-30(31)33)18-23-9-5-3-6-10-23/h3-13,15,17,26-27H,14,16,18-21H2,1-2H3/t26-,27+/m1/s1. The summed E-state index contributed by atoms with van der Waals surface area (Å²) in [5.41, 5.74) is 4.28. The van der Waals surface area contributed by atoms with Crippen LogP contribution in [0.3, 0.4) is 0 Å². The van der Waals surface area contributed by atoms with E-state index in [0.717, 1.165) is 28.0 Å². The molecule has 1 fully saturated rings. The number of imide groups is 1. The highest BCUT2D eigenvalue weighted by atomic mass is 16.6. The van der Waals surface area contributed by atoms with E-state index in [1.54, 1.807) is 7.11 Å². The maximum atomic E-state index is 13.2. The summed E-state index contributed by atoms with van der Waals surface area (Å²) < 4.78 is 16.7. The molecule has 3 aromatic carbocycles. The van der Waals surface area contributed by atoms with Crippen LogP contribution in [0.2, 0.25) is 0 Å². The number of nitrogens with zero attached hydrogens (tertiary/aromatic N) is 1. The molecule has 1 aliphatic heterocycles. The van der Waals surface area contributed by atoms with Crippen molar-refractivity contribution in [3.63, 3.8) is 0 Å². The van der Waals surface area contributed by atoms with Crippen LogP contribution in [0.15, 0.2) is 78.9 Å². The topological polar surface area (TPSA) is 65.1 Å². The van der Waals surface area contributed by atoms with Crippen molar-refractivity contribution < 1.29 is 23.8 Å². The zero-order valence-electron chi connectivity index (χ0n) is 20.9. The van der Waals surface area contributed by atoms with Crippen molar-refractivity contribution in [3.05, 3.63) is 101 Å². The number of carbonyl (C=O) groups is 2. The maximum absolute atomic E-state index is 13.2. The van der Waals surface area contributed by atoms with Crippen molar-refractivity contribution in [2.24, 2.45) is 0 Å². The zero-order chi connectivity index (χ0) is 25.3. The second kappa shape index (κ2) is 12.4. The fourth-order valence-electron chi connectivity index (χ4n) is 4.62. The number of ether oxygens (including phenoxy) is 3. The molecule has 0 unspecified atom stereocenters. The Morgan fingerprint density at radius 2 is 1.72 bits per heavy atom. The van der Waals surface area contributed by atoms with Gasteiger partial charge in [-0.25, -0.2) is 9.69 Å². The number of methoxy groups -OCH3 is 1. The number of carbonyl (C=O) groups excluding carboxylic acids is 2. The summed E-state index contributed by atoms with van der Waals surface area (Å²) in [6, 6.07) is 25.6. The first kappa shape index (κ1) is 25.5. The first-order chi connectivity index (χ1) is 17.5. The number of rotatable bonds is 11. The fraction of sp³-hybridized carbons (Fsp3) is 0.333. The second-order valence-corrected chi connectivity index (χ2v) is 9.15. The number of amides is 2. The molecule has 0 N–H and O–H groups in total. The van der Waals surface area contributed by atoms with Gasteiger partial charge in [-0.1, -0.05) is 72.8 Å². The summed E-state index contributed by atoms with van der Waals surface area (Å²) in [7, 11) is 1.65. The average molecular weight is 488 g/mol. The van der Waals surface area contributed by atoms with Crippen LogP contribution in [-0.2, 0) is 27.3 Å². The summed E-state index contributed by atoms with van der Waals surface area (Å²) >= 11 is 0. The van der Waals surface area contributed by atoms with Gasteiger partial charge in [0, 0.05) is 12.3 Å². The van der Waals surface area contributed by atoms with E-state index in [9.17, 15) is 9.59 Å². The molecular formula is C30H33NO5. The van der Waals surface area contributed by atoms with E-state index >= 15 is 0 Å². The number of hydrogen-bond donors (Lipinski definition) is 0. The molecule has 1 saturated heterocycles. The van der Waals surface area contributed by atoms with E-state index in [2.05, 4.69) is 6.07 Å². The van der Waals surface area contributed by atoms with Crippen molar-refractivity contribution >= 4 is 12.0 Å². The van der Waals surface area contributed by atoms with Crippen molar-refractivity contribution in [1.82, 2.24) is 4.90 Å². The highest BCUT2D eigenvalue weighted by Crippen LogP contribution is 2.28. The van der Waals surface area contributed by atoms with Gasteiger partial charge in [-0.05, 0) is 48.1 Å². The third kappa shape index (κ3) is 6.52. The minimum absolute atomic E-state index is 0.00605. The lowest BCUT2D eigenvalue weighted by molar-refractivity contribution is -0.129. The van der Waals surface area contributed by atoms with Crippen molar-refractivity contribution in [2.45, 2.75) is 44.8 Å². The molecule has 3 aromatic rings. The summed E-state index contributed by atoms with van der Waals surface area (Å²) in [6.45, 7) is 3.19. The van der Waals surface area contributed by atoms with Crippen LogP contribution in [0.1, 0.15) is 41.0 Å². The molecule has 0 saturated carbocycles. The van der Waals surface area contributed by atoms with Gasteiger partial charge < -0.3 is 14.2 Å². The van der Waals surface area contributed by atoms with Gasteiger partial charge in [0.1, 0.15) is 12.4 Å². The van der Waals surface area contributed by atoms with Crippen LogP contribution >= 0.6 is 0 Å². The van der Waals surface area contributed by atoms with E-state index in [4.69, 9.17) is 14.2 Å². The molecule has 0 aromatic heterocycles. The third-order valence-corrected chi connectivity index (χ3v) is 6.57. The lowest BCUT2D eigenvalue weighted by Gasteiger charge is -2.22. The molecule has 2 atom stereocenters. The minimum atomic E-state index is -0.557. The summed E-state index contributed by atoms with van der Waals surface area (Å²) in [6.07, 6.45) is 0.809. The van der Waals surface area contributed by atoms with E-state index in [0.29, 0.717) is 26.1 Å². The molecule has 0 bridgehead atoms. The van der Waals surface area contributed by atoms with E-state index in [1.165, 1.54) is 4.90 Å². The molecule has 6 heteroatoms. The molecule has 6 nitrogen and oxygen atoms in total. The lowest BCUT2D eigenvalue weighted by atomic mass is 9.93. The quantitative estimate of drug-likeness (QED) is 0.348. The number of benzene rings is 3. The van der Waals surface area contributed by atoms with E-state index in [-0.39, 0.29) is 30.9 Å². The molecule has 1 heterocycles. The van der Waals surface area contributed by atoms with Crippen LogP contribution in [0.5, 0.6) is 5.75 Å². The van der Waals surface area contributed by atoms with Gasteiger partial charge >= 0.3 is 6.09 Å². The molecular weight excluding hydrogens is 454 g/mol. The predicted molar refractivity (Wildman–Crippen MR) is 138 cm³/mol. The van der Waals surface area contributed by atoms with Gasteiger partial charge in [-0.15, -0.1) is 0 Å². The van der Waals surface area contributed by atoms with Gasteiger partial charge in [0.2, 0.25) is 5.91 Å². The van der Waals surface area contributed by atoms with Gasteiger partial charge in [-0.3, -0.25) is 4.79 Å². The molecule has 0 radical (unpaired) electrons. The molecule has 36 heavy (non-hydrogen) atoms. The summed E-state index contributed by atoms with van der Waals surface area (Å²) in [5.74, 6) is 0.604. The Bertz CT molecular complexity index is 1150. The Morgan fingerprint density at radius 1 is 1.03 bits per heavy atom. The summed E-state index contributed by atoms with van der Waals surface area (Å²) in [5, 5.41) is 0. The monoisotopic (exact) mass is 487 g/mol. The van der Waals surface area contributed by atoms with Crippen molar-refractivity contribution in [3.8, 4) is 5.75 Å². The van der Waals surface area contributed by atoms with Gasteiger partial charge in [0.25, 0.3) is 0 Å². The van der Waals surface area contributed by atoms with Crippen molar-refractivity contribution in [1.29, 1.82) is 0 Å². The largest absolute Gasteiger partial charge is 0.496 e. The van der Waals surface area contributed by atoms with Crippen molar-refractivity contribution in [2.75, 3.05) is 20.3 Å². The number of aryl methyl sites for hydroxylation is 1. The van der Waals surface area contributed by atoms with E-state index in [1.807, 2.05) is 79.7 Å². The summed E-state index contributed by atoms with van der Waals surface area (Å²) in [4.78, 5) is 26.9. The highest BCUT2D eigenvalue weighted by molar-refractivity contribution is 5.93. The fourth-order valence-corrected chi connectivity index (χ4v) is 4.62. The third-order valence-electron chi connectivity index (χ3n) is 6.57. The SMILES string of the molecule is COc1ccc([C@H](CCC(=O)N2C(=O)OC[C@@H]2Cc2ccccc2)COCc2ccccc2)cc1C. The first-order valence-corrected chi connectivity index (χ1v) is 12.3. The Kier molecular flexibility index (Phi) is 8.74. The number of hydrogen-bond acceptors (Lipinski definition) is 5. The molecule has 1 aliphatic rings. The predicted octanol–water partition coefficient (Wildman–Crippen LogP) is 5.67. The molecule has 0 spiro atoms. The molecule has 4 rings (SSSR count). The Morgan fingerprint density at radius 3 is 2.39 bits per heavy atom. The van der Waals surface area contributed by atoms with Gasteiger partial charge in [-0.2, -0.15) is 0 Å². The van der Waals surface area contributed by atoms with Crippen LogP contribution in [-0.4, -0.2) is 43.3 Å². The first-order valence-electron chi connectivity index (χ1n) is 12.3. The van der Waals surface area contributed by atoms with Crippen LogP contribution < -0.4 is 4.74 Å². The Hall–Kier alpha value is -3.64. The van der Waals surface area contributed by atoms with Gasteiger partial charge in [0.05, 0.1) is 26.4 Å². The molecule has 0 aliphatic carbocycles. The zero-order valence-corrected chi connectivity index (χ0v) is 20.9. The van der Waals surface area contributed by atoms with Crippen LogP contribution in [0.4, 0.5) is 4.79 Å². The lowest BCUT2D eigenvalue weighted by Crippen LogP contribution is -2.40. The smallest absolute Gasteiger partial charge is 0.416 e. The minimum Gasteiger partial charge on any atom is -0.496 e. The second-order valence-electron chi connectivity index (χ2n) is 9.15. The van der Waals surface area contributed by atoms with E-state index < -0.39 is 6.09 Å². The molecule has 2 amide bonds. The normalized spacial score (nSPS) is 16.0. The highest BCUT2D eigenvalue weighted by Gasteiger charge is 2.37. The van der Waals surface area contributed by atoms with Crippen LogP contribution in [0.25, 0.3) is 0 Å². The Labute approximate surface area is 212 Å².